The molecule has 7 heteroatoms. The van der Waals surface area contributed by atoms with Crippen molar-refractivity contribution in [3.8, 4) is 0 Å². The first-order chi connectivity index (χ1) is 8.49. The van der Waals surface area contributed by atoms with Crippen molar-refractivity contribution in [1.29, 1.82) is 0 Å². The minimum Gasteiger partial charge on any atom is -0.481 e. The van der Waals surface area contributed by atoms with E-state index >= 15 is 0 Å². The van der Waals surface area contributed by atoms with Crippen LogP contribution in [0.2, 0.25) is 0 Å². The maximum atomic E-state index is 11.2. The predicted octanol–water partition coefficient (Wildman–Crippen LogP) is 0.0948. The van der Waals surface area contributed by atoms with Gasteiger partial charge in [0, 0.05) is 13.2 Å². The number of carbonyl (C=O) groups excluding carboxylic acids is 1. The zero-order valence-electron chi connectivity index (χ0n) is 10.3. The van der Waals surface area contributed by atoms with Gasteiger partial charge in [0.2, 0.25) is 5.91 Å². The molecule has 0 aliphatic heterocycles. The molecule has 0 bridgehead atoms. The summed E-state index contributed by atoms with van der Waals surface area (Å²) in [6.45, 7) is 2.64. The molecule has 0 aromatic heterocycles. The summed E-state index contributed by atoms with van der Waals surface area (Å²) in [6, 6.07) is 0. The molecule has 0 rings (SSSR count). The van der Waals surface area contributed by atoms with Crippen molar-refractivity contribution in [3.63, 3.8) is 0 Å². The number of amides is 1. The van der Waals surface area contributed by atoms with Gasteiger partial charge in [0.05, 0.1) is 0 Å². The summed E-state index contributed by atoms with van der Waals surface area (Å²) < 4.78 is 5.00. The summed E-state index contributed by atoms with van der Waals surface area (Å²) in [4.78, 5) is 32.3. The number of carboxylic acid groups (broad SMARTS) is 2. The third kappa shape index (κ3) is 7.61. The Balaban J connectivity index is 3.68. The Labute approximate surface area is 105 Å². The maximum absolute atomic E-state index is 11.2. The molecule has 3 N–H and O–H groups in total. The minimum atomic E-state index is -1.42. The monoisotopic (exact) mass is 261 g/mol. The molecule has 0 aromatic rings. The van der Waals surface area contributed by atoms with Crippen molar-refractivity contribution in [2.45, 2.75) is 26.2 Å². The molecule has 1 amide bonds. The summed E-state index contributed by atoms with van der Waals surface area (Å²) in [6.07, 6.45) is 1.11. The lowest BCUT2D eigenvalue weighted by Crippen LogP contribution is -2.30. The zero-order valence-corrected chi connectivity index (χ0v) is 10.3. The van der Waals surface area contributed by atoms with Crippen LogP contribution in [-0.4, -0.2) is 47.8 Å². The first-order valence-electron chi connectivity index (χ1n) is 5.79. The van der Waals surface area contributed by atoms with Crippen LogP contribution >= 0.6 is 0 Å². The van der Waals surface area contributed by atoms with Crippen LogP contribution in [0.5, 0.6) is 0 Å². The molecular formula is C11H19NO6. The van der Waals surface area contributed by atoms with Gasteiger partial charge in [-0.1, -0.05) is 6.92 Å². The van der Waals surface area contributed by atoms with Crippen LogP contribution in [0.15, 0.2) is 0 Å². The predicted molar refractivity (Wildman–Crippen MR) is 62.1 cm³/mol. The van der Waals surface area contributed by atoms with Crippen LogP contribution in [0.3, 0.4) is 0 Å². The van der Waals surface area contributed by atoms with Gasteiger partial charge in [0.25, 0.3) is 0 Å². The molecule has 0 fully saturated rings. The number of ether oxygens (including phenoxy) is 1. The summed E-state index contributed by atoms with van der Waals surface area (Å²) in [5.41, 5.74) is 0. The Morgan fingerprint density at radius 3 is 2.33 bits per heavy atom. The summed E-state index contributed by atoms with van der Waals surface area (Å²) in [7, 11) is 0. The molecule has 18 heavy (non-hydrogen) atoms. The molecule has 0 spiro atoms. The van der Waals surface area contributed by atoms with E-state index in [4.69, 9.17) is 14.9 Å². The average Bonchev–Trinajstić information content (AvgIpc) is 2.28. The Kier molecular flexibility index (Phi) is 8.55. The highest BCUT2D eigenvalue weighted by Gasteiger charge is 2.24. The van der Waals surface area contributed by atoms with Crippen molar-refractivity contribution in [2.75, 3.05) is 19.8 Å². The largest absolute Gasteiger partial charge is 0.481 e. The van der Waals surface area contributed by atoms with Crippen LogP contribution < -0.4 is 5.32 Å². The van der Waals surface area contributed by atoms with Crippen LogP contribution in [0.4, 0.5) is 0 Å². The molecule has 0 heterocycles. The van der Waals surface area contributed by atoms with Gasteiger partial charge in [0.15, 0.2) is 5.92 Å². The number of carbonyl (C=O) groups is 3. The van der Waals surface area contributed by atoms with Crippen molar-refractivity contribution in [3.05, 3.63) is 0 Å². The quantitative estimate of drug-likeness (QED) is 0.379. The number of carboxylic acids is 2. The Morgan fingerprint density at radius 1 is 1.22 bits per heavy atom. The molecule has 0 unspecified atom stereocenters. The van der Waals surface area contributed by atoms with E-state index in [1.54, 1.807) is 0 Å². The number of hydrogen-bond donors (Lipinski definition) is 3. The molecule has 0 aliphatic rings. The molecular weight excluding hydrogens is 242 g/mol. The van der Waals surface area contributed by atoms with E-state index in [1.165, 1.54) is 0 Å². The fourth-order valence-corrected chi connectivity index (χ4v) is 1.25. The first-order valence-corrected chi connectivity index (χ1v) is 5.79. The molecule has 0 aliphatic carbocycles. The van der Waals surface area contributed by atoms with Crippen molar-refractivity contribution in [1.82, 2.24) is 5.32 Å². The third-order valence-corrected chi connectivity index (χ3v) is 2.17. The van der Waals surface area contributed by atoms with Gasteiger partial charge in [-0.05, 0) is 19.3 Å². The molecule has 7 nitrogen and oxygen atoms in total. The summed E-state index contributed by atoms with van der Waals surface area (Å²) in [5, 5.41) is 19.7. The Hall–Kier alpha value is -1.63. The van der Waals surface area contributed by atoms with E-state index in [-0.39, 0.29) is 25.5 Å². The molecule has 104 valence electrons. The van der Waals surface area contributed by atoms with E-state index in [0.717, 1.165) is 6.42 Å². The lowest BCUT2D eigenvalue weighted by atomic mass is 10.0. The number of rotatable bonds is 10. The van der Waals surface area contributed by atoms with Crippen LogP contribution in [-0.2, 0) is 19.1 Å². The SMILES string of the molecule is CCCOCC(=O)NCCCC(C(=O)O)C(=O)O. The van der Waals surface area contributed by atoms with Crippen LogP contribution in [0.1, 0.15) is 26.2 Å². The third-order valence-electron chi connectivity index (χ3n) is 2.17. The molecule has 0 aromatic carbocycles. The highest BCUT2D eigenvalue weighted by Crippen LogP contribution is 2.06. The Morgan fingerprint density at radius 2 is 1.83 bits per heavy atom. The van der Waals surface area contributed by atoms with Gasteiger partial charge in [-0.2, -0.15) is 0 Å². The lowest BCUT2D eigenvalue weighted by molar-refractivity contribution is -0.154. The van der Waals surface area contributed by atoms with Gasteiger partial charge < -0.3 is 20.3 Å². The fraction of sp³-hybridized carbons (Fsp3) is 0.727. The second-order valence-electron chi connectivity index (χ2n) is 3.77. The highest BCUT2D eigenvalue weighted by molar-refractivity contribution is 5.92. The van der Waals surface area contributed by atoms with Gasteiger partial charge in [-0.15, -0.1) is 0 Å². The average molecular weight is 261 g/mol. The van der Waals surface area contributed by atoms with Gasteiger partial charge in [-0.3, -0.25) is 14.4 Å². The van der Waals surface area contributed by atoms with Gasteiger partial charge in [0.1, 0.15) is 6.61 Å². The van der Waals surface area contributed by atoms with Crippen LogP contribution in [0.25, 0.3) is 0 Å². The van der Waals surface area contributed by atoms with E-state index in [9.17, 15) is 14.4 Å². The van der Waals surface area contributed by atoms with E-state index < -0.39 is 17.9 Å². The molecule has 0 atom stereocenters. The fourth-order valence-electron chi connectivity index (χ4n) is 1.25. The second kappa shape index (κ2) is 9.41. The topological polar surface area (TPSA) is 113 Å². The second-order valence-corrected chi connectivity index (χ2v) is 3.77. The minimum absolute atomic E-state index is 0.0131. The van der Waals surface area contributed by atoms with Crippen molar-refractivity contribution in [2.24, 2.45) is 5.92 Å². The van der Waals surface area contributed by atoms with Crippen LogP contribution in [0, 0.1) is 5.92 Å². The number of hydrogen-bond acceptors (Lipinski definition) is 4. The highest BCUT2D eigenvalue weighted by atomic mass is 16.5. The smallest absolute Gasteiger partial charge is 0.317 e. The summed E-state index contributed by atoms with van der Waals surface area (Å²) in [5.74, 6) is -4.43. The van der Waals surface area contributed by atoms with Crippen molar-refractivity contribution >= 4 is 17.8 Å². The van der Waals surface area contributed by atoms with Gasteiger partial charge in [-0.25, -0.2) is 0 Å². The zero-order chi connectivity index (χ0) is 14.0. The number of aliphatic carboxylic acids is 2. The van der Waals surface area contributed by atoms with E-state index in [1.807, 2.05) is 6.92 Å². The normalized spacial score (nSPS) is 10.3. The molecule has 0 saturated carbocycles. The molecule has 0 saturated heterocycles. The van der Waals surface area contributed by atoms with E-state index in [0.29, 0.717) is 13.0 Å². The standard InChI is InChI=1S/C11H19NO6/c1-2-6-18-7-9(13)12-5-3-4-8(10(14)15)11(16)17/h8H,2-7H2,1H3,(H,12,13)(H,14,15)(H,16,17). The van der Waals surface area contributed by atoms with E-state index in [2.05, 4.69) is 5.32 Å². The molecule has 0 radical (unpaired) electrons. The van der Waals surface area contributed by atoms with Crippen molar-refractivity contribution < 1.29 is 29.3 Å². The Bertz CT molecular complexity index is 277. The first kappa shape index (κ1) is 16.4. The van der Waals surface area contributed by atoms with Gasteiger partial charge >= 0.3 is 11.9 Å². The lowest BCUT2D eigenvalue weighted by Gasteiger charge is -2.08. The maximum Gasteiger partial charge on any atom is 0.317 e. The summed E-state index contributed by atoms with van der Waals surface area (Å²) >= 11 is 0. The number of nitrogens with one attached hydrogen (secondary N) is 1.